The van der Waals surface area contributed by atoms with Gasteiger partial charge in [0.1, 0.15) is 12.4 Å². The Kier molecular flexibility index (Phi) is 3.72. The molecule has 2 rings (SSSR count). The van der Waals surface area contributed by atoms with Gasteiger partial charge in [-0.05, 0) is 42.0 Å². The SMILES string of the molecule is CN(C)c1ccc(COc2ccc(N)cc2)cc1. The van der Waals surface area contributed by atoms with Crippen LogP contribution < -0.4 is 15.4 Å². The Morgan fingerprint density at radius 2 is 1.56 bits per heavy atom. The zero-order chi connectivity index (χ0) is 13.0. The minimum absolute atomic E-state index is 0.567. The van der Waals surface area contributed by atoms with Gasteiger partial charge in [-0.1, -0.05) is 12.1 Å². The van der Waals surface area contributed by atoms with Crippen LogP contribution in [0.4, 0.5) is 11.4 Å². The first-order valence-electron chi connectivity index (χ1n) is 5.90. The van der Waals surface area contributed by atoms with Gasteiger partial charge in [0.2, 0.25) is 0 Å². The minimum atomic E-state index is 0.567. The predicted molar refractivity (Wildman–Crippen MR) is 76.0 cm³/mol. The van der Waals surface area contributed by atoms with Gasteiger partial charge in [0.15, 0.2) is 0 Å². The van der Waals surface area contributed by atoms with Crippen LogP contribution in [0.25, 0.3) is 0 Å². The molecule has 0 fully saturated rings. The highest BCUT2D eigenvalue weighted by atomic mass is 16.5. The maximum absolute atomic E-state index is 5.68. The van der Waals surface area contributed by atoms with Crippen LogP contribution in [0, 0.1) is 0 Å². The molecular weight excluding hydrogens is 224 g/mol. The quantitative estimate of drug-likeness (QED) is 0.838. The van der Waals surface area contributed by atoms with E-state index in [1.807, 2.05) is 38.4 Å². The number of rotatable bonds is 4. The predicted octanol–water partition coefficient (Wildman–Crippen LogP) is 2.91. The van der Waals surface area contributed by atoms with Gasteiger partial charge in [-0.25, -0.2) is 0 Å². The van der Waals surface area contributed by atoms with Gasteiger partial charge in [-0.2, -0.15) is 0 Å². The lowest BCUT2D eigenvalue weighted by Gasteiger charge is -2.13. The highest BCUT2D eigenvalue weighted by molar-refractivity contribution is 5.46. The standard InChI is InChI=1S/C15H18N2O/c1-17(2)14-7-3-12(4-8-14)11-18-15-9-5-13(16)6-10-15/h3-10H,11,16H2,1-2H3. The Bertz CT molecular complexity index is 489. The van der Waals surface area contributed by atoms with Crippen molar-refractivity contribution in [2.24, 2.45) is 0 Å². The summed E-state index contributed by atoms with van der Waals surface area (Å²) < 4.78 is 5.68. The fraction of sp³-hybridized carbons (Fsp3) is 0.200. The molecule has 0 saturated heterocycles. The summed E-state index contributed by atoms with van der Waals surface area (Å²) in [6.07, 6.45) is 0. The van der Waals surface area contributed by atoms with Crippen LogP contribution in [0.1, 0.15) is 5.56 Å². The summed E-state index contributed by atoms with van der Waals surface area (Å²) in [5.74, 6) is 0.834. The first kappa shape index (κ1) is 12.3. The molecule has 0 radical (unpaired) electrons. The third kappa shape index (κ3) is 3.17. The third-order valence-electron chi connectivity index (χ3n) is 2.74. The van der Waals surface area contributed by atoms with E-state index in [1.165, 1.54) is 5.69 Å². The van der Waals surface area contributed by atoms with Crippen molar-refractivity contribution >= 4 is 11.4 Å². The van der Waals surface area contributed by atoms with E-state index in [-0.39, 0.29) is 0 Å². The molecule has 0 heterocycles. The van der Waals surface area contributed by atoms with Crippen molar-refractivity contribution in [2.45, 2.75) is 6.61 Å². The number of hydrogen-bond donors (Lipinski definition) is 1. The van der Waals surface area contributed by atoms with Crippen molar-refractivity contribution in [1.82, 2.24) is 0 Å². The first-order chi connectivity index (χ1) is 8.65. The molecule has 3 nitrogen and oxygen atoms in total. The molecule has 0 unspecified atom stereocenters. The molecule has 0 amide bonds. The van der Waals surface area contributed by atoms with Crippen LogP contribution in [0.5, 0.6) is 5.75 Å². The molecule has 94 valence electrons. The van der Waals surface area contributed by atoms with Gasteiger partial charge in [0.25, 0.3) is 0 Å². The van der Waals surface area contributed by atoms with Crippen LogP contribution in [-0.2, 0) is 6.61 Å². The average Bonchev–Trinajstić information content (AvgIpc) is 2.38. The van der Waals surface area contributed by atoms with Crippen LogP contribution in [-0.4, -0.2) is 14.1 Å². The summed E-state index contributed by atoms with van der Waals surface area (Å²) in [6.45, 7) is 0.567. The molecule has 2 aromatic rings. The molecule has 0 spiro atoms. The van der Waals surface area contributed by atoms with E-state index < -0.39 is 0 Å². The van der Waals surface area contributed by atoms with Gasteiger partial charge in [0.05, 0.1) is 0 Å². The van der Waals surface area contributed by atoms with Crippen LogP contribution in [0.3, 0.4) is 0 Å². The second-order valence-corrected chi connectivity index (χ2v) is 4.42. The van der Waals surface area contributed by atoms with Gasteiger partial charge in [0, 0.05) is 25.5 Å². The van der Waals surface area contributed by atoms with Crippen molar-refractivity contribution in [3.05, 3.63) is 54.1 Å². The smallest absolute Gasteiger partial charge is 0.119 e. The van der Waals surface area contributed by atoms with Crippen LogP contribution >= 0.6 is 0 Å². The molecule has 18 heavy (non-hydrogen) atoms. The van der Waals surface area contributed by atoms with Gasteiger partial charge >= 0.3 is 0 Å². The molecule has 0 aliphatic carbocycles. The summed E-state index contributed by atoms with van der Waals surface area (Å²) in [6, 6.07) is 15.8. The van der Waals surface area contributed by atoms with E-state index in [1.54, 1.807) is 0 Å². The normalized spacial score (nSPS) is 10.1. The Balaban J connectivity index is 1.95. The average molecular weight is 242 g/mol. The second-order valence-electron chi connectivity index (χ2n) is 4.42. The minimum Gasteiger partial charge on any atom is -0.489 e. The Morgan fingerprint density at radius 1 is 0.944 bits per heavy atom. The third-order valence-corrected chi connectivity index (χ3v) is 2.74. The van der Waals surface area contributed by atoms with Crippen molar-refractivity contribution in [1.29, 1.82) is 0 Å². The van der Waals surface area contributed by atoms with Gasteiger partial charge < -0.3 is 15.4 Å². The lowest BCUT2D eigenvalue weighted by molar-refractivity contribution is 0.306. The molecule has 0 atom stereocenters. The van der Waals surface area contributed by atoms with Crippen molar-refractivity contribution in [3.8, 4) is 5.75 Å². The number of hydrogen-bond acceptors (Lipinski definition) is 3. The number of nitrogens with zero attached hydrogens (tertiary/aromatic N) is 1. The maximum Gasteiger partial charge on any atom is 0.119 e. The van der Waals surface area contributed by atoms with E-state index in [4.69, 9.17) is 10.5 Å². The van der Waals surface area contributed by atoms with Crippen molar-refractivity contribution in [2.75, 3.05) is 24.7 Å². The van der Waals surface area contributed by atoms with E-state index >= 15 is 0 Å². The van der Waals surface area contributed by atoms with Gasteiger partial charge in [-0.15, -0.1) is 0 Å². The van der Waals surface area contributed by atoms with Crippen LogP contribution in [0.2, 0.25) is 0 Å². The maximum atomic E-state index is 5.68. The monoisotopic (exact) mass is 242 g/mol. The summed E-state index contributed by atoms with van der Waals surface area (Å²) in [5.41, 5.74) is 8.70. The molecule has 0 aromatic heterocycles. The molecular formula is C15H18N2O. The zero-order valence-electron chi connectivity index (χ0n) is 10.8. The molecule has 0 aliphatic rings. The summed E-state index contributed by atoms with van der Waals surface area (Å²) in [5, 5.41) is 0. The Morgan fingerprint density at radius 3 is 2.11 bits per heavy atom. The Hall–Kier alpha value is -2.16. The van der Waals surface area contributed by atoms with Gasteiger partial charge in [-0.3, -0.25) is 0 Å². The Labute approximate surface area is 108 Å². The summed E-state index contributed by atoms with van der Waals surface area (Å²) >= 11 is 0. The number of nitrogens with two attached hydrogens (primary N) is 1. The molecule has 0 aliphatic heterocycles. The van der Waals surface area contributed by atoms with E-state index in [0.29, 0.717) is 6.61 Å². The lowest BCUT2D eigenvalue weighted by atomic mass is 10.2. The van der Waals surface area contributed by atoms with Crippen molar-refractivity contribution in [3.63, 3.8) is 0 Å². The van der Waals surface area contributed by atoms with Crippen LogP contribution in [0.15, 0.2) is 48.5 Å². The molecule has 2 aromatic carbocycles. The van der Waals surface area contributed by atoms with E-state index in [0.717, 1.165) is 17.0 Å². The number of benzene rings is 2. The summed E-state index contributed by atoms with van der Waals surface area (Å²) in [4.78, 5) is 2.07. The fourth-order valence-electron chi connectivity index (χ4n) is 1.62. The largest absolute Gasteiger partial charge is 0.489 e. The molecule has 0 saturated carbocycles. The van der Waals surface area contributed by atoms with E-state index in [2.05, 4.69) is 29.2 Å². The fourth-order valence-corrected chi connectivity index (χ4v) is 1.62. The lowest BCUT2D eigenvalue weighted by Crippen LogP contribution is -2.08. The highest BCUT2D eigenvalue weighted by Crippen LogP contribution is 2.16. The molecule has 2 N–H and O–H groups in total. The second kappa shape index (κ2) is 5.45. The zero-order valence-corrected chi connectivity index (χ0v) is 10.8. The molecule has 3 heteroatoms. The number of ether oxygens (including phenoxy) is 1. The number of anilines is 2. The first-order valence-corrected chi connectivity index (χ1v) is 5.90. The van der Waals surface area contributed by atoms with Crippen molar-refractivity contribution < 1.29 is 4.74 Å². The van der Waals surface area contributed by atoms with E-state index in [9.17, 15) is 0 Å². The summed E-state index contributed by atoms with van der Waals surface area (Å²) in [7, 11) is 4.06. The number of nitrogen functional groups attached to an aromatic ring is 1. The topological polar surface area (TPSA) is 38.5 Å². The molecule has 0 bridgehead atoms. The highest BCUT2D eigenvalue weighted by Gasteiger charge is 1.98.